The number of nitrogens with zero attached hydrogens (tertiary/aromatic N) is 5. The van der Waals surface area contributed by atoms with Crippen LogP contribution in [0.1, 0.15) is 35.7 Å². The van der Waals surface area contributed by atoms with Gasteiger partial charge in [-0.3, -0.25) is 14.2 Å². The number of hydrogen-bond donors (Lipinski definition) is 1. The average molecular weight is 390 g/mol. The Balaban J connectivity index is 1.53. The number of carbonyl (C=O) groups excluding carboxylic acids is 1. The molecule has 3 aromatic rings. The van der Waals surface area contributed by atoms with E-state index in [2.05, 4.69) is 28.7 Å². The number of fused-ring (bicyclic) bond motifs is 2. The lowest BCUT2D eigenvalue weighted by molar-refractivity contribution is -0.129. The number of hydrogen-bond acceptors (Lipinski definition) is 4. The van der Waals surface area contributed by atoms with Gasteiger partial charge in [-0.1, -0.05) is 0 Å². The Labute approximate surface area is 170 Å². The molecule has 1 aliphatic carbocycles. The second kappa shape index (κ2) is 6.76. The van der Waals surface area contributed by atoms with Crippen molar-refractivity contribution < 1.29 is 4.79 Å². The average Bonchev–Trinajstić information content (AvgIpc) is 3.41. The molecule has 2 aliphatic rings. The molecular formula is C22H26N6O. The van der Waals surface area contributed by atoms with E-state index in [0.29, 0.717) is 6.54 Å². The van der Waals surface area contributed by atoms with Crippen molar-refractivity contribution in [2.24, 2.45) is 14.1 Å². The molecule has 1 aromatic carbocycles. The van der Waals surface area contributed by atoms with E-state index < -0.39 is 0 Å². The molecule has 2 aromatic heterocycles. The summed E-state index contributed by atoms with van der Waals surface area (Å²) in [6, 6.07) is 4.47. The van der Waals surface area contributed by atoms with Crippen molar-refractivity contribution in [3.05, 3.63) is 46.9 Å². The molecule has 29 heavy (non-hydrogen) atoms. The van der Waals surface area contributed by atoms with Crippen LogP contribution in [-0.2, 0) is 44.7 Å². The second-order valence-corrected chi connectivity index (χ2v) is 8.13. The largest absolute Gasteiger partial charge is 0.338 e. The molecule has 3 heterocycles. The number of benzene rings is 1. The van der Waals surface area contributed by atoms with Gasteiger partial charge in [0.05, 0.1) is 12.7 Å². The van der Waals surface area contributed by atoms with Crippen LogP contribution in [0.2, 0.25) is 0 Å². The predicted molar refractivity (Wildman–Crippen MR) is 112 cm³/mol. The lowest BCUT2D eigenvalue weighted by atomic mass is 9.98. The third-order valence-electron chi connectivity index (χ3n) is 6.18. The molecule has 1 aliphatic heterocycles. The predicted octanol–water partition coefficient (Wildman–Crippen LogP) is 2.96. The topological polar surface area (TPSA) is 68.0 Å². The van der Waals surface area contributed by atoms with Crippen LogP contribution < -0.4 is 5.32 Å². The summed E-state index contributed by atoms with van der Waals surface area (Å²) < 4.78 is 3.80. The van der Waals surface area contributed by atoms with Gasteiger partial charge in [0.2, 0.25) is 5.91 Å². The van der Waals surface area contributed by atoms with E-state index >= 15 is 0 Å². The molecule has 0 saturated heterocycles. The van der Waals surface area contributed by atoms with Crippen molar-refractivity contribution in [3.63, 3.8) is 0 Å². The summed E-state index contributed by atoms with van der Waals surface area (Å²) in [5.74, 6) is 0.963. The summed E-state index contributed by atoms with van der Waals surface area (Å²) in [5, 5.41) is 12.7. The Morgan fingerprint density at radius 1 is 1.14 bits per heavy atom. The highest BCUT2D eigenvalue weighted by atomic mass is 16.2. The summed E-state index contributed by atoms with van der Waals surface area (Å²) >= 11 is 0. The molecule has 1 amide bonds. The van der Waals surface area contributed by atoms with E-state index in [1.165, 1.54) is 28.8 Å². The zero-order valence-corrected chi connectivity index (χ0v) is 17.2. The fourth-order valence-corrected chi connectivity index (χ4v) is 4.69. The third-order valence-corrected chi connectivity index (χ3v) is 6.18. The molecule has 5 rings (SSSR count). The SMILES string of the molecule is CC(=O)N1CCc2c(c(Nc3cc4c(c(-c5cnn(C)c5)c3)CCC4)nn2C)C1. The number of aromatic nitrogens is 4. The number of rotatable bonds is 3. The Morgan fingerprint density at radius 2 is 2.00 bits per heavy atom. The molecule has 0 spiro atoms. The van der Waals surface area contributed by atoms with Gasteiger partial charge in [0, 0.05) is 62.7 Å². The first-order valence-corrected chi connectivity index (χ1v) is 10.2. The van der Waals surface area contributed by atoms with Crippen LogP contribution >= 0.6 is 0 Å². The van der Waals surface area contributed by atoms with Gasteiger partial charge in [-0.25, -0.2) is 0 Å². The van der Waals surface area contributed by atoms with Crippen LogP contribution in [-0.4, -0.2) is 36.9 Å². The highest BCUT2D eigenvalue weighted by Gasteiger charge is 2.26. The first-order valence-electron chi connectivity index (χ1n) is 10.2. The maximum absolute atomic E-state index is 11.9. The van der Waals surface area contributed by atoms with Gasteiger partial charge >= 0.3 is 0 Å². The fourth-order valence-electron chi connectivity index (χ4n) is 4.69. The Hall–Kier alpha value is -3.09. The standard InChI is InChI=1S/C22H26N6O/c1-14(29)28-8-7-21-20(13-28)22(25-27(21)3)24-17-9-15-5-4-6-18(15)19(10-17)16-11-23-26(2)12-16/h9-12H,4-8,13H2,1-3H3,(H,24,25). The van der Waals surface area contributed by atoms with E-state index in [4.69, 9.17) is 5.10 Å². The summed E-state index contributed by atoms with van der Waals surface area (Å²) in [6.45, 7) is 3.00. The molecule has 0 fully saturated rings. The number of aryl methyl sites for hydroxylation is 3. The van der Waals surface area contributed by atoms with Crippen LogP contribution in [0, 0.1) is 0 Å². The van der Waals surface area contributed by atoms with Gasteiger partial charge in [0.15, 0.2) is 5.82 Å². The van der Waals surface area contributed by atoms with Gasteiger partial charge in [0.1, 0.15) is 0 Å². The molecule has 0 saturated carbocycles. The van der Waals surface area contributed by atoms with Gasteiger partial charge < -0.3 is 10.2 Å². The normalized spacial score (nSPS) is 15.3. The van der Waals surface area contributed by atoms with Crippen molar-refractivity contribution in [3.8, 4) is 11.1 Å². The summed E-state index contributed by atoms with van der Waals surface area (Å²) in [5.41, 5.74) is 8.63. The van der Waals surface area contributed by atoms with Gasteiger partial charge in [-0.15, -0.1) is 0 Å². The van der Waals surface area contributed by atoms with E-state index in [1.807, 2.05) is 34.6 Å². The van der Waals surface area contributed by atoms with E-state index in [0.717, 1.165) is 48.4 Å². The van der Waals surface area contributed by atoms with E-state index in [9.17, 15) is 4.79 Å². The third kappa shape index (κ3) is 3.10. The molecule has 0 radical (unpaired) electrons. The molecule has 0 bridgehead atoms. The molecule has 7 heteroatoms. The molecule has 0 unspecified atom stereocenters. The summed E-state index contributed by atoms with van der Waals surface area (Å²) in [4.78, 5) is 13.8. The summed E-state index contributed by atoms with van der Waals surface area (Å²) in [7, 11) is 3.93. The molecular weight excluding hydrogens is 364 g/mol. The van der Waals surface area contributed by atoms with E-state index in [-0.39, 0.29) is 5.91 Å². The lowest BCUT2D eigenvalue weighted by Gasteiger charge is -2.26. The van der Waals surface area contributed by atoms with Crippen molar-refractivity contribution in [1.82, 2.24) is 24.5 Å². The number of nitrogens with one attached hydrogen (secondary N) is 1. The van der Waals surface area contributed by atoms with Crippen molar-refractivity contribution in [2.75, 3.05) is 11.9 Å². The van der Waals surface area contributed by atoms with Gasteiger partial charge in [-0.2, -0.15) is 10.2 Å². The number of amides is 1. The smallest absolute Gasteiger partial charge is 0.219 e. The Bertz CT molecular complexity index is 1110. The van der Waals surface area contributed by atoms with Gasteiger partial charge in [-0.05, 0) is 48.1 Å². The minimum Gasteiger partial charge on any atom is -0.338 e. The minimum atomic E-state index is 0.113. The quantitative estimate of drug-likeness (QED) is 0.747. The number of anilines is 2. The second-order valence-electron chi connectivity index (χ2n) is 8.13. The van der Waals surface area contributed by atoms with E-state index in [1.54, 1.807) is 6.92 Å². The molecule has 150 valence electrons. The highest BCUT2D eigenvalue weighted by Crippen LogP contribution is 2.37. The summed E-state index contributed by atoms with van der Waals surface area (Å²) in [6.07, 6.45) is 8.27. The zero-order chi connectivity index (χ0) is 20.1. The first-order chi connectivity index (χ1) is 14.0. The monoisotopic (exact) mass is 390 g/mol. The highest BCUT2D eigenvalue weighted by molar-refractivity contribution is 5.77. The lowest BCUT2D eigenvalue weighted by Crippen LogP contribution is -2.34. The van der Waals surface area contributed by atoms with Crippen LogP contribution in [0.25, 0.3) is 11.1 Å². The van der Waals surface area contributed by atoms with Crippen molar-refractivity contribution in [2.45, 2.75) is 39.2 Å². The number of carbonyl (C=O) groups is 1. The van der Waals surface area contributed by atoms with Crippen LogP contribution in [0.4, 0.5) is 11.5 Å². The maximum atomic E-state index is 11.9. The molecule has 1 N–H and O–H groups in total. The maximum Gasteiger partial charge on any atom is 0.219 e. The van der Waals surface area contributed by atoms with Crippen LogP contribution in [0.5, 0.6) is 0 Å². The fraction of sp³-hybridized carbons (Fsp3) is 0.409. The van der Waals surface area contributed by atoms with Crippen molar-refractivity contribution >= 4 is 17.4 Å². The molecule has 0 atom stereocenters. The van der Waals surface area contributed by atoms with Crippen molar-refractivity contribution in [1.29, 1.82) is 0 Å². The Kier molecular flexibility index (Phi) is 4.19. The minimum absolute atomic E-state index is 0.113. The zero-order valence-electron chi connectivity index (χ0n) is 17.2. The van der Waals surface area contributed by atoms with Crippen LogP contribution in [0.15, 0.2) is 24.5 Å². The Morgan fingerprint density at radius 3 is 2.76 bits per heavy atom. The van der Waals surface area contributed by atoms with Crippen LogP contribution in [0.3, 0.4) is 0 Å². The van der Waals surface area contributed by atoms with Gasteiger partial charge in [0.25, 0.3) is 0 Å². The molecule has 7 nitrogen and oxygen atoms in total. The first kappa shape index (κ1) is 18.0.